The van der Waals surface area contributed by atoms with Gasteiger partial charge in [0.25, 0.3) is 0 Å². The maximum atomic E-state index is 10.4. The summed E-state index contributed by atoms with van der Waals surface area (Å²) in [6.07, 6.45) is 4.95. The fourth-order valence-corrected chi connectivity index (χ4v) is 2.64. The molecule has 1 N–H and O–H groups in total. The van der Waals surface area contributed by atoms with Gasteiger partial charge in [0, 0.05) is 6.04 Å². The fourth-order valence-electron chi connectivity index (χ4n) is 2.19. The lowest BCUT2D eigenvalue weighted by atomic mass is 9.71. The topological polar surface area (TPSA) is 35.1 Å². The Morgan fingerprint density at radius 3 is 2.08 bits per heavy atom. The van der Waals surface area contributed by atoms with Gasteiger partial charge in [0.05, 0.1) is 0 Å². The summed E-state index contributed by atoms with van der Waals surface area (Å²) >= 11 is 0. The van der Waals surface area contributed by atoms with Crippen LogP contribution in [-0.4, -0.2) is 6.04 Å². The summed E-state index contributed by atoms with van der Waals surface area (Å²) in [6.45, 7) is 6.96. The summed E-state index contributed by atoms with van der Waals surface area (Å²) in [5.74, 6) is 0.848. The first-order chi connectivity index (χ1) is 6.04. The second kappa shape index (κ2) is 4.72. The first kappa shape index (κ1) is 11.4. The van der Waals surface area contributed by atoms with Crippen LogP contribution < -0.4 is 9.98 Å². The predicted octanol–water partition coefficient (Wildman–Crippen LogP) is 2.05. The third-order valence-corrected chi connectivity index (χ3v) is 3.74. The minimum Gasteiger partial charge on any atom is -0.820 e. The highest BCUT2D eigenvalue weighted by molar-refractivity contribution is 7.26. The lowest BCUT2D eigenvalue weighted by Crippen LogP contribution is -2.33. The normalized spacial score (nSPS) is 31.4. The van der Waals surface area contributed by atoms with Crippen molar-refractivity contribution in [2.24, 2.45) is 11.3 Å². The van der Waals surface area contributed by atoms with Crippen LogP contribution in [0.4, 0.5) is 0 Å². The van der Waals surface area contributed by atoms with E-state index in [1.54, 1.807) is 0 Å². The number of hydrogen-bond donors (Lipinski definition) is 1. The summed E-state index contributed by atoms with van der Waals surface area (Å²) in [7, 11) is -0.333. The molecule has 0 aromatic rings. The van der Waals surface area contributed by atoms with E-state index in [1.165, 1.54) is 25.7 Å². The highest BCUT2D eigenvalue weighted by Crippen LogP contribution is 2.37. The van der Waals surface area contributed by atoms with Gasteiger partial charge in [-0.3, -0.25) is 0 Å². The van der Waals surface area contributed by atoms with E-state index in [0.29, 0.717) is 11.5 Å². The zero-order valence-electron chi connectivity index (χ0n) is 8.89. The lowest BCUT2D eigenvalue weighted by Gasteiger charge is -2.37. The van der Waals surface area contributed by atoms with E-state index >= 15 is 0 Å². The molecule has 0 bridgehead atoms. The summed E-state index contributed by atoms with van der Waals surface area (Å²) in [4.78, 5) is 10.4. The van der Waals surface area contributed by atoms with Crippen molar-refractivity contribution in [2.45, 2.75) is 52.5 Å². The van der Waals surface area contributed by atoms with E-state index in [2.05, 4.69) is 25.9 Å². The molecule has 1 fully saturated rings. The van der Waals surface area contributed by atoms with Crippen molar-refractivity contribution in [2.75, 3.05) is 0 Å². The van der Waals surface area contributed by atoms with E-state index < -0.39 is 0 Å². The van der Waals surface area contributed by atoms with Crippen LogP contribution in [0.15, 0.2) is 0 Å². The molecular weight excluding hydrogens is 181 g/mol. The Labute approximate surface area is 83.4 Å². The zero-order valence-corrected chi connectivity index (χ0v) is 9.89. The van der Waals surface area contributed by atoms with Crippen LogP contribution in [0.5, 0.6) is 0 Å². The standard InChI is InChI=1S/C10H21NOP/c1-10(2,3)8-4-6-9(7-5-8)11-13-12/h8-9,11,13H,4-7H2,1-3H3/q-1. The smallest absolute Gasteiger partial charge is 0.00889 e. The van der Waals surface area contributed by atoms with Crippen LogP contribution in [0.25, 0.3) is 0 Å². The summed E-state index contributed by atoms with van der Waals surface area (Å²) < 4.78 is 0. The van der Waals surface area contributed by atoms with Gasteiger partial charge in [0.15, 0.2) is 0 Å². The average Bonchev–Trinajstić information content (AvgIpc) is 2.04. The van der Waals surface area contributed by atoms with Crippen molar-refractivity contribution in [1.82, 2.24) is 5.09 Å². The molecule has 1 saturated carbocycles. The van der Waals surface area contributed by atoms with Gasteiger partial charge >= 0.3 is 0 Å². The van der Waals surface area contributed by atoms with Crippen LogP contribution in [0.1, 0.15) is 46.5 Å². The highest BCUT2D eigenvalue weighted by atomic mass is 31.1. The van der Waals surface area contributed by atoms with Crippen molar-refractivity contribution in [1.29, 1.82) is 0 Å². The van der Waals surface area contributed by atoms with Crippen molar-refractivity contribution >= 4 is 8.96 Å². The van der Waals surface area contributed by atoms with Gasteiger partial charge in [-0.1, -0.05) is 20.8 Å². The number of rotatable bonds is 2. The summed E-state index contributed by atoms with van der Waals surface area (Å²) in [5.41, 5.74) is 0.449. The number of nitrogens with one attached hydrogen (secondary N) is 1. The van der Waals surface area contributed by atoms with Crippen molar-refractivity contribution in [3.8, 4) is 0 Å². The molecule has 13 heavy (non-hydrogen) atoms. The molecular formula is C10H21NOP-. The Bertz CT molecular complexity index is 147. The molecule has 0 aliphatic heterocycles. The SMILES string of the molecule is CC(C)(C)C1CCC(NP[O-])CC1. The van der Waals surface area contributed by atoms with Gasteiger partial charge in [-0.15, -0.1) is 8.96 Å². The number of hydrogen-bond acceptors (Lipinski definition) is 2. The second-order valence-corrected chi connectivity index (χ2v) is 5.65. The van der Waals surface area contributed by atoms with Crippen molar-refractivity contribution in [3.63, 3.8) is 0 Å². The molecule has 78 valence electrons. The molecule has 0 radical (unpaired) electrons. The minimum atomic E-state index is -0.333. The molecule has 1 aliphatic rings. The quantitative estimate of drug-likeness (QED) is 0.695. The van der Waals surface area contributed by atoms with Crippen molar-refractivity contribution in [3.05, 3.63) is 0 Å². The summed E-state index contributed by atoms with van der Waals surface area (Å²) in [6, 6.07) is 0.509. The van der Waals surface area contributed by atoms with Crippen molar-refractivity contribution < 1.29 is 4.89 Å². The second-order valence-electron chi connectivity index (χ2n) is 5.16. The fraction of sp³-hybridized carbons (Fsp3) is 1.00. The first-order valence-corrected chi connectivity index (χ1v) is 6.07. The largest absolute Gasteiger partial charge is 0.820 e. The Hall–Kier alpha value is 0.350. The first-order valence-electron chi connectivity index (χ1n) is 5.16. The van der Waals surface area contributed by atoms with Gasteiger partial charge in [0.1, 0.15) is 0 Å². The van der Waals surface area contributed by atoms with Gasteiger partial charge in [-0.05, 0) is 37.0 Å². The Balaban J connectivity index is 2.30. The maximum absolute atomic E-state index is 10.4. The van der Waals surface area contributed by atoms with Crippen LogP contribution >= 0.6 is 8.96 Å². The molecule has 1 aliphatic carbocycles. The van der Waals surface area contributed by atoms with Gasteiger partial charge in [-0.2, -0.15) is 0 Å². The molecule has 0 spiro atoms. The van der Waals surface area contributed by atoms with Gasteiger partial charge < -0.3 is 9.98 Å². The molecule has 0 aromatic carbocycles. The molecule has 0 saturated heterocycles. The third kappa shape index (κ3) is 3.53. The molecule has 2 nitrogen and oxygen atoms in total. The lowest BCUT2D eigenvalue weighted by molar-refractivity contribution is -0.153. The molecule has 0 amide bonds. The highest BCUT2D eigenvalue weighted by Gasteiger charge is 2.28. The molecule has 0 aromatic heterocycles. The predicted molar refractivity (Wildman–Crippen MR) is 56.7 cm³/mol. The van der Waals surface area contributed by atoms with E-state index in [1.807, 2.05) is 0 Å². The Morgan fingerprint density at radius 1 is 1.15 bits per heavy atom. The average molecular weight is 202 g/mol. The van der Waals surface area contributed by atoms with Gasteiger partial charge in [0.2, 0.25) is 0 Å². The molecule has 1 atom stereocenters. The minimum absolute atomic E-state index is 0.333. The van der Waals surface area contributed by atoms with Crippen LogP contribution in [0.3, 0.4) is 0 Å². The van der Waals surface area contributed by atoms with Crippen LogP contribution in [0, 0.1) is 11.3 Å². The molecule has 3 heteroatoms. The Kier molecular flexibility index (Phi) is 4.15. The molecule has 0 heterocycles. The monoisotopic (exact) mass is 202 g/mol. The van der Waals surface area contributed by atoms with E-state index in [0.717, 1.165) is 5.92 Å². The van der Waals surface area contributed by atoms with E-state index in [4.69, 9.17) is 0 Å². The van der Waals surface area contributed by atoms with Crippen LogP contribution in [0.2, 0.25) is 0 Å². The van der Waals surface area contributed by atoms with Crippen LogP contribution in [-0.2, 0) is 0 Å². The maximum Gasteiger partial charge on any atom is 0.00889 e. The Morgan fingerprint density at radius 2 is 1.69 bits per heavy atom. The van der Waals surface area contributed by atoms with Gasteiger partial charge in [-0.25, -0.2) is 0 Å². The third-order valence-electron chi connectivity index (χ3n) is 3.21. The molecule has 1 unspecified atom stereocenters. The van der Waals surface area contributed by atoms with E-state index in [9.17, 15) is 4.89 Å². The van der Waals surface area contributed by atoms with E-state index in [-0.39, 0.29) is 8.96 Å². The zero-order chi connectivity index (χ0) is 9.90. The molecule has 1 rings (SSSR count). The summed E-state index contributed by atoms with van der Waals surface area (Å²) in [5, 5.41) is 3.03.